The number of nitrogen functional groups attached to an aromatic ring is 1. The summed E-state index contributed by atoms with van der Waals surface area (Å²) in [5, 5.41) is 0.547. The Morgan fingerprint density at radius 2 is 2.04 bits per heavy atom. The van der Waals surface area contributed by atoms with Gasteiger partial charge < -0.3 is 10.5 Å². The molecule has 2 heterocycles. The average molecular weight is 373 g/mol. The number of piperidine rings is 1. The van der Waals surface area contributed by atoms with Crippen LogP contribution in [0.3, 0.4) is 0 Å². The van der Waals surface area contributed by atoms with Gasteiger partial charge >= 0.3 is 5.97 Å². The fourth-order valence-corrected chi connectivity index (χ4v) is 4.81. The summed E-state index contributed by atoms with van der Waals surface area (Å²) in [5.74, 6) is -0.355. The Kier molecular flexibility index (Phi) is 5.99. The van der Waals surface area contributed by atoms with Gasteiger partial charge in [0.2, 0.25) is 0 Å². The fourth-order valence-electron chi connectivity index (χ4n) is 3.70. The third-order valence-corrected chi connectivity index (χ3v) is 6.34. The van der Waals surface area contributed by atoms with Crippen molar-refractivity contribution in [2.45, 2.75) is 52.1 Å². The second-order valence-corrected chi connectivity index (χ2v) is 8.13. The molecule has 3 rings (SSSR count). The van der Waals surface area contributed by atoms with Crippen LogP contribution >= 0.6 is 11.3 Å². The highest BCUT2D eigenvalue weighted by Gasteiger charge is 2.27. The summed E-state index contributed by atoms with van der Waals surface area (Å²) in [6, 6.07) is 8.99. The number of hydrogen-bond acceptors (Lipinski definition) is 5. The van der Waals surface area contributed by atoms with E-state index in [0.717, 1.165) is 35.5 Å². The summed E-state index contributed by atoms with van der Waals surface area (Å²) in [6.07, 6.45) is 4.75. The van der Waals surface area contributed by atoms with E-state index in [2.05, 4.69) is 43.0 Å². The summed E-state index contributed by atoms with van der Waals surface area (Å²) >= 11 is 1.52. The Hall–Kier alpha value is -1.85. The third-order valence-electron chi connectivity index (χ3n) is 5.34. The van der Waals surface area contributed by atoms with Crippen LogP contribution in [0.4, 0.5) is 5.00 Å². The number of anilines is 1. The number of hydrogen-bond donors (Lipinski definition) is 1. The minimum absolute atomic E-state index is 0.355. The molecule has 1 fully saturated rings. The first-order chi connectivity index (χ1) is 12.5. The Balaban J connectivity index is 2.04. The number of likely N-dealkylation sites (tertiary alicyclic amines) is 1. The van der Waals surface area contributed by atoms with Gasteiger partial charge in [0.05, 0.1) is 7.11 Å². The highest BCUT2D eigenvalue weighted by Crippen LogP contribution is 2.40. The van der Waals surface area contributed by atoms with E-state index in [1.807, 2.05) is 0 Å². The molecule has 1 unspecified atom stereocenters. The van der Waals surface area contributed by atoms with E-state index >= 15 is 0 Å². The van der Waals surface area contributed by atoms with E-state index in [4.69, 9.17) is 10.5 Å². The monoisotopic (exact) mass is 372 g/mol. The van der Waals surface area contributed by atoms with Gasteiger partial charge in [0.15, 0.2) is 0 Å². The molecule has 2 aromatic rings. The molecular weight excluding hydrogens is 344 g/mol. The van der Waals surface area contributed by atoms with Crippen molar-refractivity contribution < 1.29 is 9.53 Å². The van der Waals surface area contributed by atoms with Crippen LogP contribution < -0.4 is 5.73 Å². The number of ether oxygens (including phenoxy) is 1. The molecular formula is C21H28N2O2S. The molecule has 0 aliphatic carbocycles. The van der Waals surface area contributed by atoms with Gasteiger partial charge in [0.25, 0.3) is 0 Å². The molecule has 0 spiro atoms. The fraction of sp³-hybridized carbons (Fsp3) is 0.476. The lowest BCUT2D eigenvalue weighted by molar-refractivity contribution is 0.0603. The normalized spacial score (nSPS) is 18.0. The molecule has 1 aromatic carbocycles. The maximum absolute atomic E-state index is 12.4. The smallest absolute Gasteiger partial charge is 0.341 e. The number of carbonyl (C=O) groups excluding carboxylic acids is 1. The zero-order valence-corrected chi connectivity index (χ0v) is 16.7. The Labute approximate surface area is 160 Å². The van der Waals surface area contributed by atoms with Gasteiger partial charge in [-0.05, 0) is 43.9 Å². The summed E-state index contributed by atoms with van der Waals surface area (Å²) in [5.41, 5.74) is 10.0. The molecule has 1 aliphatic rings. The average Bonchev–Trinajstić information content (AvgIpc) is 2.99. The maximum Gasteiger partial charge on any atom is 0.341 e. The van der Waals surface area contributed by atoms with Crippen molar-refractivity contribution in [1.82, 2.24) is 4.90 Å². The summed E-state index contributed by atoms with van der Waals surface area (Å²) in [6.45, 7) is 6.35. The Morgan fingerprint density at radius 1 is 1.31 bits per heavy atom. The van der Waals surface area contributed by atoms with E-state index in [-0.39, 0.29) is 5.97 Å². The van der Waals surface area contributed by atoms with Crippen molar-refractivity contribution in [3.05, 3.63) is 40.3 Å². The number of benzene rings is 1. The molecule has 1 saturated heterocycles. The molecule has 0 radical (unpaired) electrons. The van der Waals surface area contributed by atoms with Crippen molar-refractivity contribution in [3.8, 4) is 11.1 Å². The number of esters is 1. The van der Waals surface area contributed by atoms with Gasteiger partial charge in [-0.15, -0.1) is 11.3 Å². The van der Waals surface area contributed by atoms with Gasteiger partial charge in [0.1, 0.15) is 10.6 Å². The second kappa shape index (κ2) is 8.23. The summed E-state index contributed by atoms with van der Waals surface area (Å²) in [4.78, 5) is 16.1. The molecule has 140 valence electrons. The minimum Gasteiger partial charge on any atom is -0.465 e. The van der Waals surface area contributed by atoms with E-state index in [9.17, 15) is 4.79 Å². The summed E-state index contributed by atoms with van der Waals surface area (Å²) in [7, 11) is 1.41. The van der Waals surface area contributed by atoms with Crippen molar-refractivity contribution in [1.29, 1.82) is 0 Å². The van der Waals surface area contributed by atoms with E-state index in [1.165, 1.54) is 43.3 Å². The predicted molar refractivity (Wildman–Crippen MR) is 109 cm³/mol. The number of carbonyl (C=O) groups is 1. The van der Waals surface area contributed by atoms with Crippen LogP contribution in [0.15, 0.2) is 24.3 Å². The quantitative estimate of drug-likeness (QED) is 0.772. The molecule has 1 atom stereocenters. The lowest BCUT2D eigenvalue weighted by atomic mass is 9.98. The predicted octanol–water partition coefficient (Wildman–Crippen LogP) is 4.72. The van der Waals surface area contributed by atoms with E-state index < -0.39 is 0 Å². The SMILES string of the molecule is CCc1ccc(-c2c(CN3CCCCC3C)sc(N)c2C(=O)OC)cc1. The lowest BCUT2D eigenvalue weighted by Crippen LogP contribution is -2.36. The van der Waals surface area contributed by atoms with Gasteiger partial charge in [0, 0.05) is 23.0 Å². The first-order valence-electron chi connectivity index (χ1n) is 9.38. The van der Waals surface area contributed by atoms with Crippen molar-refractivity contribution in [2.24, 2.45) is 0 Å². The van der Waals surface area contributed by atoms with Gasteiger partial charge in [-0.2, -0.15) is 0 Å². The van der Waals surface area contributed by atoms with Gasteiger partial charge in [-0.3, -0.25) is 4.90 Å². The molecule has 1 aliphatic heterocycles. The van der Waals surface area contributed by atoms with Crippen LogP contribution in [0, 0.1) is 0 Å². The van der Waals surface area contributed by atoms with E-state index in [0.29, 0.717) is 16.6 Å². The van der Waals surface area contributed by atoms with Crippen LogP contribution in [0.5, 0.6) is 0 Å². The Morgan fingerprint density at radius 3 is 2.65 bits per heavy atom. The number of nitrogens with zero attached hydrogens (tertiary/aromatic N) is 1. The molecule has 26 heavy (non-hydrogen) atoms. The molecule has 5 heteroatoms. The lowest BCUT2D eigenvalue weighted by Gasteiger charge is -2.33. The van der Waals surface area contributed by atoms with Gasteiger partial charge in [-0.1, -0.05) is 37.6 Å². The number of nitrogens with two attached hydrogens (primary N) is 1. The van der Waals surface area contributed by atoms with Crippen LogP contribution in [-0.4, -0.2) is 30.6 Å². The standard InChI is InChI=1S/C21H28N2O2S/c1-4-15-8-10-16(11-9-15)18-17(13-23-12-6-5-7-14(23)2)26-20(22)19(18)21(24)25-3/h8-11,14H,4-7,12-13,22H2,1-3H3. The van der Waals surface area contributed by atoms with Gasteiger partial charge in [-0.25, -0.2) is 4.79 Å². The van der Waals surface area contributed by atoms with Crippen LogP contribution in [-0.2, 0) is 17.7 Å². The van der Waals surface area contributed by atoms with Crippen LogP contribution in [0.2, 0.25) is 0 Å². The molecule has 1 aromatic heterocycles. The third kappa shape index (κ3) is 3.79. The molecule has 0 amide bonds. The summed E-state index contributed by atoms with van der Waals surface area (Å²) < 4.78 is 5.02. The molecule has 2 N–H and O–H groups in total. The maximum atomic E-state index is 12.4. The van der Waals surface area contributed by atoms with Crippen molar-refractivity contribution >= 4 is 22.3 Å². The minimum atomic E-state index is -0.355. The van der Waals surface area contributed by atoms with Crippen LogP contribution in [0.1, 0.15) is 53.9 Å². The highest BCUT2D eigenvalue weighted by molar-refractivity contribution is 7.17. The van der Waals surface area contributed by atoms with Crippen molar-refractivity contribution in [3.63, 3.8) is 0 Å². The number of methoxy groups -OCH3 is 1. The molecule has 4 nitrogen and oxygen atoms in total. The van der Waals surface area contributed by atoms with Crippen molar-refractivity contribution in [2.75, 3.05) is 19.4 Å². The van der Waals surface area contributed by atoms with E-state index in [1.54, 1.807) is 0 Å². The zero-order valence-electron chi connectivity index (χ0n) is 15.9. The molecule has 0 bridgehead atoms. The number of rotatable bonds is 5. The Bertz CT molecular complexity index is 767. The highest BCUT2D eigenvalue weighted by atomic mass is 32.1. The first kappa shape index (κ1) is 18.9. The van der Waals surface area contributed by atoms with Crippen LogP contribution in [0.25, 0.3) is 11.1 Å². The zero-order chi connectivity index (χ0) is 18.7. The first-order valence-corrected chi connectivity index (χ1v) is 10.2. The number of aryl methyl sites for hydroxylation is 1. The topological polar surface area (TPSA) is 55.6 Å². The molecule has 0 saturated carbocycles. The largest absolute Gasteiger partial charge is 0.465 e. The second-order valence-electron chi connectivity index (χ2n) is 7.00. The number of thiophene rings is 1.